The van der Waals surface area contributed by atoms with Crippen LogP contribution in [-0.2, 0) is 9.53 Å². The van der Waals surface area contributed by atoms with Gasteiger partial charge in [-0.1, -0.05) is 36.9 Å². The highest BCUT2D eigenvalue weighted by molar-refractivity contribution is 5.71. The Balaban J connectivity index is 2.82. The van der Waals surface area contributed by atoms with E-state index in [-0.39, 0.29) is 18.3 Å². The molecule has 1 rings (SSSR count). The van der Waals surface area contributed by atoms with Gasteiger partial charge < -0.3 is 4.74 Å². The number of allylic oxidation sites excluding steroid dienone is 1. The number of carbonyl (C=O) groups excluding carboxylic acids is 1. The summed E-state index contributed by atoms with van der Waals surface area (Å²) in [6, 6.07) is 9.40. The number of hydrogen-bond donors (Lipinski definition) is 2. The Labute approximate surface area is 101 Å². The molecule has 0 radical (unpaired) electrons. The maximum atomic E-state index is 11.5. The van der Waals surface area contributed by atoms with Crippen LogP contribution in [0, 0.1) is 0 Å². The Morgan fingerprint density at radius 2 is 2.12 bits per heavy atom. The second kappa shape index (κ2) is 6.70. The van der Waals surface area contributed by atoms with Crippen molar-refractivity contribution in [1.82, 2.24) is 5.48 Å². The molecule has 92 valence electrons. The van der Waals surface area contributed by atoms with Crippen LogP contribution in [0.3, 0.4) is 0 Å². The van der Waals surface area contributed by atoms with Gasteiger partial charge in [0.1, 0.15) is 0 Å². The van der Waals surface area contributed by atoms with Gasteiger partial charge in [0.15, 0.2) is 0 Å². The summed E-state index contributed by atoms with van der Waals surface area (Å²) in [6.45, 7) is 5.80. The Bertz CT molecular complexity index is 376. The first-order chi connectivity index (χ1) is 8.19. The van der Waals surface area contributed by atoms with Crippen LogP contribution in [0.25, 0.3) is 0 Å². The maximum absolute atomic E-state index is 11.5. The zero-order valence-electron chi connectivity index (χ0n) is 9.85. The quantitative estimate of drug-likeness (QED) is 0.586. The minimum atomic E-state index is -0.308. The number of nitrogens with one attached hydrogen (secondary N) is 1. The van der Waals surface area contributed by atoms with Crippen molar-refractivity contribution >= 4 is 5.97 Å². The molecule has 0 aliphatic heterocycles. The van der Waals surface area contributed by atoms with Gasteiger partial charge in [-0.25, -0.2) is 0 Å². The van der Waals surface area contributed by atoms with E-state index in [0.29, 0.717) is 12.3 Å². The van der Waals surface area contributed by atoms with Crippen LogP contribution in [0.1, 0.15) is 24.8 Å². The van der Waals surface area contributed by atoms with E-state index >= 15 is 0 Å². The number of benzene rings is 1. The molecular weight excluding hydrogens is 218 g/mol. The number of carbonyl (C=O) groups is 1. The molecule has 2 N–H and O–H groups in total. The van der Waals surface area contributed by atoms with Crippen molar-refractivity contribution in [2.45, 2.75) is 19.3 Å². The van der Waals surface area contributed by atoms with Gasteiger partial charge in [0.2, 0.25) is 0 Å². The zero-order valence-corrected chi connectivity index (χ0v) is 9.85. The topological polar surface area (TPSA) is 58.6 Å². The molecule has 1 aromatic carbocycles. The summed E-state index contributed by atoms with van der Waals surface area (Å²) in [6.07, 6.45) is 0.157. The van der Waals surface area contributed by atoms with Crippen LogP contribution in [0.15, 0.2) is 42.6 Å². The maximum Gasteiger partial charge on any atom is 0.306 e. The molecule has 0 heterocycles. The van der Waals surface area contributed by atoms with Crippen LogP contribution in [-0.4, -0.2) is 17.8 Å². The smallest absolute Gasteiger partial charge is 0.306 e. The second-order valence-electron chi connectivity index (χ2n) is 3.61. The lowest BCUT2D eigenvalue weighted by Gasteiger charge is -2.18. The fourth-order valence-corrected chi connectivity index (χ4v) is 1.59. The Hall–Kier alpha value is -1.81. The first kappa shape index (κ1) is 13.3. The summed E-state index contributed by atoms with van der Waals surface area (Å²) in [4.78, 5) is 11.5. The van der Waals surface area contributed by atoms with Crippen molar-refractivity contribution in [3.63, 3.8) is 0 Å². The Morgan fingerprint density at radius 1 is 1.47 bits per heavy atom. The normalized spacial score (nSPS) is 11.6. The Kier molecular flexibility index (Phi) is 5.23. The molecule has 0 saturated heterocycles. The van der Waals surface area contributed by atoms with Crippen molar-refractivity contribution in [3.05, 3.63) is 48.2 Å². The van der Waals surface area contributed by atoms with E-state index in [0.717, 1.165) is 5.56 Å². The van der Waals surface area contributed by atoms with Gasteiger partial charge in [0.25, 0.3) is 0 Å². The summed E-state index contributed by atoms with van der Waals surface area (Å²) >= 11 is 0. The summed E-state index contributed by atoms with van der Waals surface area (Å²) in [7, 11) is 0. The van der Waals surface area contributed by atoms with Crippen LogP contribution in [0.4, 0.5) is 0 Å². The van der Waals surface area contributed by atoms with E-state index in [1.807, 2.05) is 35.8 Å². The molecule has 0 aromatic heterocycles. The molecule has 0 bridgehead atoms. The SMILES string of the molecule is C=C(NO)[C@@H](CC(=O)OCC)c1ccccc1. The Morgan fingerprint density at radius 3 is 2.65 bits per heavy atom. The molecule has 4 nitrogen and oxygen atoms in total. The van der Waals surface area contributed by atoms with Crippen LogP contribution >= 0.6 is 0 Å². The molecule has 0 fully saturated rings. The zero-order chi connectivity index (χ0) is 12.7. The van der Waals surface area contributed by atoms with Crippen LogP contribution in [0.2, 0.25) is 0 Å². The fraction of sp³-hybridized carbons (Fsp3) is 0.308. The van der Waals surface area contributed by atoms with E-state index in [4.69, 9.17) is 9.94 Å². The minimum Gasteiger partial charge on any atom is -0.466 e. The minimum absolute atomic E-state index is 0.157. The monoisotopic (exact) mass is 235 g/mol. The van der Waals surface area contributed by atoms with Crippen molar-refractivity contribution < 1.29 is 14.7 Å². The highest BCUT2D eigenvalue weighted by Gasteiger charge is 2.19. The summed E-state index contributed by atoms with van der Waals surface area (Å²) in [5.74, 6) is -0.599. The standard InChI is InChI=1S/C13H17NO3/c1-3-17-13(15)9-12(10(2)14-16)11-7-5-4-6-8-11/h4-8,12,14,16H,2-3,9H2,1H3/t12-/m1/s1. The number of ether oxygens (including phenoxy) is 1. The van der Waals surface area contributed by atoms with E-state index in [9.17, 15) is 4.79 Å². The highest BCUT2D eigenvalue weighted by atomic mass is 16.5. The molecule has 0 amide bonds. The third-order valence-electron chi connectivity index (χ3n) is 2.44. The molecule has 4 heteroatoms. The first-order valence-electron chi connectivity index (χ1n) is 5.48. The van der Waals surface area contributed by atoms with Crippen LogP contribution in [0.5, 0.6) is 0 Å². The van der Waals surface area contributed by atoms with Gasteiger partial charge in [-0.2, -0.15) is 0 Å². The lowest BCUT2D eigenvalue weighted by Crippen LogP contribution is -2.18. The van der Waals surface area contributed by atoms with Gasteiger partial charge in [-0.3, -0.25) is 15.5 Å². The number of rotatable bonds is 6. The van der Waals surface area contributed by atoms with Crippen molar-refractivity contribution in [3.8, 4) is 0 Å². The molecule has 0 spiro atoms. The summed E-state index contributed by atoms with van der Waals surface area (Å²) < 4.78 is 4.90. The van der Waals surface area contributed by atoms with Gasteiger partial charge in [-0.15, -0.1) is 0 Å². The average molecular weight is 235 g/mol. The third-order valence-corrected chi connectivity index (χ3v) is 2.44. The molecule has 0 aliphatic rings. The van der Waals surface area contributed by atoms with Crippen molar-refractivity contribution in [1.29, 1.82) is 0 Å². The molecule has 1 aromatic rings. The predicted octanol–water partition coefficient (Wildman–Crippen LogP) is 2.22. The van der Waals surface area contributed by atoms with Gasteiger partial charge in [0, 0.05) is 11.6 Å². The van der Waals surface area contributed by atoms with E-state index in [2.05, 4.69) is 6.58 Å². The highest BCUT2D eigenvalue weighted by Crippen LogP contribution is 2.25. The second-order valence-corrected chi connectivity index (χ2v) is 3.61. The van der Waals surface area contributed by atoms with E-state index in [1.165, 1.54) is 0 Å². The first-order valence-corrected chi connectivity index (χ1v) is 5.48. The number of hydrogen-bond acceptors (Lipinski definition) is 4. The van der Waals surface area contributed by atoms with Gasteiger partial charge >= 0.3 is 5.97 Å². The molecular formula is C13H17NO3. The van der Waals surface area contributed by atoms with Crippen molar-refractivity contribution in [2.75, 3.05) is 6.61 Å². The molecule has 1 atom stereocenters. The van der Waals surface area contributed by atoms with Gasteiger partial charge in [0.05, 0.1) is 13.0 Å². The third kappa shape index (κ3) is 3.92. The molecule has 0 saturated carbocycles. The predicted molar refractivity (Wildman–Crippen MR) is 64.5 cm³/mol. The van der Waals surface area contributed by atoms with Gasteiger partial charge in [-0.05, 0) is 12.5 Å². The summed E-state index contributed by atoms with van der Waals surface area (Å²) in [5, 5.41) is 8.91. The number of esters is 1. The lowest BCUT2D eigenvalue weighted by atomic mass is 9.93. The summed E-state index contributed by atoms with van der Waals surface area (Å²) in [5.41, 5.74) is 3.30. The van der Waals surface area contributed by atoms with E-state index < -0.39 is 0 Å². The molecule has 0 unspecified atom stereocenters. The number of hydroxylamine groups is 1. The fourth-order valence-electron chi connectivity index (χ4n) is 1.59. The lowest BCUT2D eigenvalue weighted by molar-refractivity contribution is -0.143. The largest absolute Gasteiger partial charge is 0.466 e. The molecule has 17 heavy (non-hydrogen) atoms. The van der Waals surface area contributed by atoms with E-state index in [1.54, 1.807) is 6.92 Å². The van der Waals surface area contributed by atoms with Crippen molar-refractivity contribution in [2.24, 2.45) is 0 Å². The molecule has 0 aliphatic carbocycles. The van der Waals surface area contributed by atoms with Crippen LogP contribution < -0.4 is 5.48 Å². The average Bonchev–Trinajstić information content (AvgIpc) is 2.36.